The van der Waals surface area contributed by atoms with Gasteiger partial charge in [0.15, 0.2) is 0 Å². The Morgan fingerprint density at radius 1 is 0.291 bits per heavy atom. The van der Waals surface area contributed by atoms with Crippen LogP contribution in [0.25, 0.3) is 0 Å². The van der Waals surface area contributed by atoms with Crippen molar-refractivity contribution < 1.29 is 4.74 Å². The Labute approximate surface area is 324 Å². The van der Waals surface area contributed by atoms with Crippen LogP contribution < -0.4 is 0 Å². The molecule has 2 aliphatic heterocycles. The largest absolute Gasteiger partial charge is 0.356 e. The van der Waals surface area contributed by atoms with Crippen LogP contribution in [0.15, 0.2) is 121 Å². The van der Waals surface area contributed by atoms with Gasteiger partial charge in [-0.2, -0.15) is 0 Å². The maximum Gasteiger partial charge on any atom is 0.110 e. The summed E-state index contributed by atoms with van der Waals surface area (Å²) in [5.41, 5.74) is 22.7. The van der Waals surface area contributed by atoms with Gasteiger partial charge in [0.1, 0.15) is 12.2 Å². The molecule has 268 valence electrons. The monoisotopic (exact) mass is 710 g/mol. The molecule has 10 atom stereocenters. The highest BCUT2D eigenvalue weighted by Crippen LogP contribution is 2.84. The molecule has 0 aromatic heterocycles. The molecule has 0 N–H and O–H groups in total. The smallest absolute Gasteiger partial charge is 0.110 e. The van der Waals surface area contributed by atoms with Gasteiger partial charge in [0.05, 0.1) is 0 Å². The Hall–Kier alpha value is -4.72. The predicted molar refractivity (Wildman–Crippen MR) is 218 cm³/mol. The molecular formula is C54H46O. The Morgan fingerprint density at radius 3 is 0.673 bits per heavy atom. The van der Waals surface area contributed by atoms with E-state index in [-0.39, 0.29) is 55.5 Å². The van der Waals surface area contributed by atoms with E-state index in [1.165, 1.54) is 89.0 Å². The first kappa shape index (κ1) is 30.5. The fourth-order valence-electron chi connectivity index (χ4n) is 17.1. The van der Waals surface area contributed by atoms with Crippen LogP contribution in [0.3, 0.4) is 0 Å². The van der Waals surface area contributed by atoms with Gasteiger partial charge in [0, 0.05) is 43.3 Å². The summed E-state index contributed by atoms with van der Waals surface area (Å²) >= 11 is 0. The molecule has 0 radical (unpaired) electrons. The Kier molecular flexibility index (Phi) is 4.55. The van der Waals surface area contributed by atoms with Crippen LogP contribution in [-0.4, -0.2) is 0 Å². The number of hydrogen-bond donors (Lipinski definition) is 0. The van der Waals surface area contributed by atoms with Crippen LogP contribution >= 0.6 is 0 Å². The van der Waals surface area contributed by atoms with Crippen LogP contribution in [0, 0.1) is 10.8 Å². The van der Waals surface area contributed by atoms with E-state index in [4.69, 9.17) is 4.74 Å². The normalized spacial score (nSPS) is 40.9. The number of ether oxygens (including phenoxy) is 1. The van der Waals surface area contributed by atoms with Gasteiger partial charge in [-0.15, -0.1) is 0 Å². The molecular weight excluding hydrogens is 665 g/mol. The Balaban J connectivity index is 1.03. The SMILES string of the molecule is CC12c3ccccc3[C@@]3(C)c4cc5c(cc4[C@@](C)(c4ccccc41)C23C)C1OC5c2cc3c(cc21)[C@]1(C)c2ccccc2C2(C)c4ccccc4[C@@]3(C)C21C. The molecule has 1 heteroatoms. The van der Waals surface area contributed by atoms with Gasteiger partial charge in [-0.25, -0.2) is 0 Å². The second-order valence-electron chi connectivity index (χ2n) is 20.1. The summed E-state index contributed by atoms with van der Waals surface area (Å²) in [7, 11) is 0. The number of rotatable bonds is 0. The van der Waals surface area contributed by atoms with Gasteiger partial charge >= 0.3 is 0 Å². The highest BCUT2D eigenvalue weighted by molar-refractivity contribution is 5.80. The quantitative estimate of drug-likeness (QED) is 0.152. The van der Waals surface area contributed by atoms with E-state index in [0.29, 0.717) is 0 Å². The van der Waals surface area contributed by atoms with Crippen LogP contribution in [0.4, 0.5) is 0 Å². The maximum atomic E-state index is 7.25. The maximum absolute atomic E-state index is 7.25. The molecule has 6 aliphatic carbocycles. The first-order valence-electron chi connectivity index (χ1n) is 20.7. The Bertz CT molecular complexity index is 2530. The number of hydrogen-bond acceptors (Lipinski definition) is 1. The summed E-state index contributed by atoms with van der Waals surface area (Å²) < 4.78 is 7.25. The van der Waals surface area contributed by atoms with Gasteiger partial charge in [-0.05, 0) is 89.0 Å². The van der Waals surface area contributed by atoms with Crippen molar-refractivity contribution in [3.05, 3.63) is 210 Å². The van der Waals surface area contributed by atoms with Crippen molar-refractivity contribution in [3.8, 4) is 0 Å². The standard InChI is InChI=1S/C54H46O/c1-47-33-17-9-13-21-37(33)49(3)41-25-29-30(26-42(41)50(4,53(47,49)7)38-22-14-10-18-34(38)47)46-32-28-44-43(27-31(32)45(29)55-46)51(5)39-23-15-11-19-35(39)48(2)36-20-12-16-24-40(36)52(44,6)54(48,51)8/h9-28,45-46H,1-8H3/t45?,46?,47?,48?,49-,50+,51+,52-,53?,54?. The number of fused-ring (bicyclic) bond motifs is 26. The second kappa shape index (κ2) is 8.21. The minimum atomic E-state index is -0.154. The van der Waals surface area contributed by atoms with E-state index in [2.05, 4.69) is 177 Å². The van der Waals surface area contributed by atoms with Crippen molar-refractivity contribution in [2.24, 2.45) is 10.8 Å². The number of benzene rings is 6. The lowest BCUT2D eigenvalue weighted by Gasteiger charge is -2.49. The molecule has 1 nitrogen and oxygen atoms in total. The van der Waals surface area contributed by atoms with Crippen molar-refractivity contribution in [1.29, 1.82) is 0 Å². The van der Waals surface area contributed by atoms with Gasteiger partial charge in [-0.3, -0.25) is 0 Å². The molecule has 8 aliphatic rings. The first-order valence-corrected chi connectivity index (χ1v) is 20.7. The summed E-state index contributed by atoms with van der Waals surface area (Å²) in [5, 5.41) is 0. The van der Waals surface area contributed by atoms with Gasteiger partial charge in [0.2, 0.25) is 0 Å². The minimum Gasteiger partial charge on any atom is -0.356 e. The highest BCUT2D eigenvalue weighted by atomic mass is 16.5. The van der Waals surface area contributed by atoms with Crippen LogP contribution in [-0.2, 0) is 37.2 Å². The highest BCUT2D eigenvalue weighted by Gasteiger charge is 2.81. The average molecular weight is 711 g/mol. The molecule has 0 spiro atoms. The van der Waals surface area contributed by atoms with Crippen molar-refractivity contribution in [3.63, 3.8) is 0 Å². The summed E-state index contributed by atoms with van der Waals surface area (Å²) in [6, 6.07) is 48.2. The fourth-order valence-corrected chi connectivity index (χ4v) is 17.1. The summed E-state index contributed by atoms with van der Waals surface area (Å²) in [5.74, 6) is 0. The molecule has 14 rings (SSSR count). The van der Waals surface area contributed by atoms with Crippen molar-refractivity contribution >= 4 is 0 Å². The third-order valence-electron chi connectivity index (χ3n) is 20.0. The zero-order valence-electron chi connectivity index (χ0n) is 33.1. The van der Waals surface area contributed by atoms with E-state index in [0.717, 1.165) is 0 Å². The van der Waals surface area contributed by atoms with Gasteiger partial charge in [0.25, 0.3) is 0 Å². The molecule has 55 heavy (non-hydrogen) atoms. The molecule has 2 bridgehead atoms. The first-order chi connectivity index (χ1) is 26.3. The van der Waals surface area contributed by atoms with Crippen molar-refractivity contribution in [2.75, 3.05) is 0 Å². The van der Waals surface area contributed by atoms with Gasteiger partial charge < -0.3 is 4.74 Å². The van der Waals surface area contributed by atoms with E-state index in [9.17, 15) is 0 Å². The molecule has 6 unspecified atom stereocenters. The fraction of sp³-hybridized carbons (Fsp3) is 0.333. The van der Waals surface area contributed by atoms with Crippen molar-refractivity contribution in [1.82, 2.24) is 0 Å². The average Bonchev–Trinajstić information content (AvgIpc) is 3.99. The molecule has 0 saturated heterocycles. The molecule has 6 aromatic rings. The lowest BCUT2D eigenvalue weighted by Crippen LogP contribution is -2.51. The second-order valence-corrected chi connectivity index (χ2v) is 20.1. The molecule has 2 heterocycles. The summed E-state index contributed by atoms with van der Waals surface area (Å²) in [4.78, 5) is 0. The third kappa shape index (κ3) is 2.33. The van der Waals surface area contributed by atoms with E-state index in [1.54, 1.807) is 0 Å². The zero-order valence-corrected chi connectivity index (χ0v) is 33.1. The summed E-state index contributed by atoms with van der Waals surface area (Å²) in [6.07, 6.45) is -0.101. The van der Waals surface area contributed by atoms with Gasteiger partial charge in [-0.1, -0.05) is 177 Å². The van der Waals surface area contributed by atoms with E-state index in [1.807, 2.05) is 0 Å². The lowest BCUT2D eigenvalue weighted by atomic mass is 9.52. The molecule has 6 aromatic carbocycles. The van der Waals surface area contributed by atoms with Crippen LogP contribution in [0.2, 0.25) is 0 Å². The summed E-state index contributed by atoms with van der Waals surface area (Å²) in [6.45, 7) is 20.7. The zero-order chi connectivity index (χ0) is 37.2. The van der Waals surface area contributed by atoms with Crippen LogP contribution in [0.5, 0.6) is 0 Å². The van der Waals surface area contributed by atoms with E-state index >= 15 is 0 Å². The lowest BCUT2D eigenvalue weighted by molar-refractivity contribution is 0.0839. The van der Waals surface area contributed by atoms with Crippen molar-refractivity contribution in [2.45, 2.75) is 100 Å². The Morgan fingerprint density at radius 2 is 0.473 bits per heavy atom. The molecule has 0 fully saturated rings. The third-order valence-corrected chi connectivity index (χ3v) is 20.0. The van der Waals surface area contributed by atoms with Crippen LogP contribution in [0.1, 0.15) is 157 Å². The molecule has 0 amide bonds. The minimum absolute atomic E-state index is 0.0504. The topological polar surface area (TPSA) is 9.23 Å². The predicted octanol–water partition coefficient (Wildman–Crippen LogP) is 11.7. The van der Waals surface area contributed by atoms with E-state index < -0.39 is 0 Å². The molecule has 0 saturated carbocycles.